The minimum Gasteiger partial charge on any atom is -0.494 e. The lowest BCUT2D eigenvalue weighted by atomic mass is 10.1. The molecule has 0 amide bonds. The van der Waals surface area contributed by atoms with Gasteiger partial charge in [0.1, 0.15) is 0 Å². The van der Waals surface area contributed by atoms with Crippen LogP contribution < -0.4 is 9.46 Å². The summed E-state index contributed by atoms with van der Waals surface area (Å²) in [4.78, 5) is 0. The molecule has 114 valence electrons. The predicted octanol–water partition coefficient (Wildman–Crippen LogP) is 2.07. The van der Waals surface area contributed by atoms with Gasteiger partial charge in [-0.3, -0.25) is 0 Å². The zero-order valence-corrected chi connectivity index (χ0v) is 13.0. The van der Waals surface area contributed by atoms with E-state index in [1.54, 1.807) is 13.0 Å². The second kappa shape index (κ2) is 7.01. The van der Waals surface area contributed by atoms with Crippen molar-refractivity contribution in [2.24, 2.45) is 0 Å². The topological polar surface area (TPSA) is 58.6 Å². The molecule has 1 aromatic rings. The molecule has 1 N–H and O–H groups in total. The lowest BCUT2D eigenvalue weighted by Gasteiger charge is -2.21. The highest BCUT2D eigenvalue weighted by Crippen LogP contribution is 2.22. The zero-order valence-electron chi connectivity index (χ0n) is 12.2. The van der Waals surface area contributed by atoms with Gasteiger partial charge in [-0.2, -0.15) is 17.4 Å². The molecule has 5 nitrogen and oxygen atoms in total. The van der Waals surface area contributed by atoms with Gasteiger partial charge in [-0.1, -0.05) is 13.0 Å². The SMILES string of the molecule is CCCN(C)S(=O)(=O)NC(C)c1ccc(OC)c(F)c1. The molecule has 0 spiro atoms. The Bertz CT molecular complexity index is 549. The van der Waals surface area contributed by atoms with Gasteiger partial charge in [0, 0.05) is 19.6 Å². The summed E-state index contributed by atoms with van der Waals surface area (Å²) in [6.07, 6.45) is 0.725. The van der Waals surface area contributed by atoms with Crippen LogP contribution in [0.3, 0.4) is 0 Å². The van der Waals surface area contributed by atoms with Gasteiger partial charge < -0.3 is 4.74 Å². The fraction of sp³-hybridized carbons (Fsp3) is 0.538. The Morgan fingerprint density at radius 3 is 2.60 bits per heavy atom. The smallest absolute Gasteiger partial charge is 0.279 e. The first-order valence-corrected chi connectivity index (χ1v) is 7.82. The number of methoxy groups -OCH3 is 1. The van der Waals surface area contributed by atoms with Crippen LogP contribution in [0.25, 0.3) is 0 Å². The van der Waals surface area contributed by atoms with Gasteiger partial charge in [0.15, 0.2) is 11.6 Å². The molecule has 0 radical (unpaired) electrons. The Hall–Kier alpha value is -1.18. The third-order valence-corrected chi connectivity index (χ3v) is 4.60. The maximum atomic E-state index is 13.6. The molecule has 0 aliphatic rings. The largest absolute Gasteiger partial charge is 0.494 e. The van der Waals surface area contributed by atoms with Crippen LogP contribution in [0.5, 0.6) is 5.75 Å². The van der Waals surface area contributed by atoms with Crippen LogP contribution in [0.2, 0.25) is 0 Å². The first-order valence-electron chi connectivity index (χ1n) is 6.38. The molecule has 0 saturated heterocycles. The molecule has 1 unspecified atom stereocenters. The van der Waals surface area contributed by atoms with Gasteiger partial charge in [0.25, 0.3) is 10.2 Å². The van der Waals surface area contributed by atoms with Gasteiger partial charge in [-0.05, 0) is 31.0 Å². The summed E-state index contributed by atoms with van der Waals surface area (Å²) in [5, 5.41) is 0. The summed E-state index contributed by atoms with van der Waals surface area (Å²) in [5.74, 6) is -0.384. The van der Waals surface area contributed by atoms with Crippen LogP contribution in [-0.2, 0) is 10.2 Å². The summed E-state index contributed by atoms with van der Waals surface area (Å²) in [6.45, 7) is 3.99. The summed E-state index contributed by atoms with van der Waals surface area (Å²) >= 11 is 0. The van der Waals surface area contributed by atoms with Gasteiger partial charge in [0.2, 0.25) is 0 Å². The van der Waals surface area contributed by atoms with E-state index in [9.17, 15) is 12.8 Å². The van der Waals surface area contributed by atoms with Gasteiger partial charge in [-0.15, -0.1) is 0 Å². The molecule has 0 aromatic heterocycles. The molecular formula is C13H21FN2O3S. The molecule has 0 aliphatic carbocycles. The molecule has 0 fully saturated rings. The van der Waals surface area contributed by atoms with E-state index in [4.69, 9.17) is 4.74 Å². The average Bonchev–Trinajstić information content (AvgIpc) is 2.38. The van der Waals surface area contributed by atoms with Crippen LogP contribution in [0.1, 0.15) is 31.9 Å². The summed E-state index contributed by atoms with van der Waals surface area (Å²) in [5.41, 5.74) is 0.539. The van der Waals surface area contributed by atoms with Crippen molar-refractivity contribution >= 4 is 10.2 Å². The number of nitrogens with zero attached hydrogens (tertiary/aromatic N) is 1. The van der Waals surface area contributed by atoms with Crippen molar-refractivity contribution in [1.82, 2.24) is 9.03 Å². The molecule has 20 heavy (non-hydrogen) atoms. The van der Waals surface area contributed by atoms with Crippen LogP contribution in [0.15, 0.2) is 18.2 Å². The zero-order chi connectivity index (χ0) is 15.3. The van der Waals surface area contributed by atoms with Crippen molar-refractivity contribution in [2.75, 3.05) is 20.7 Å². The van der Waals surface area contributed by atoms with Gasteiger partial charge in [-0.25, -0.2) is 4.39 Å². The monoisotopic (exact) mass is 304 g/mol. The Morgan fingerprint density at radius 1 is 1.45 bits per heavy atom. The van der Waals surface area contributed by atoms with Crippen molar-refractivity contribution < 1.29 is 17.5 Å². The maximum absolute atomic E-state index is 13.6. The first kappa shape index (κ1) is 16.9. The number of hydrogen-bond donors (Lipinski definition) is 1. The standard InChI is InChI=1S/C13H21FN2O3S/c1-5-8-16(3)20(17,18)15-10(2)11-6-7-13(19-4)12(14)9-11/h6-7,9-10,15H,5,8H2,1-4H3. The highest BCUT2D eigenvalue weighted by atomic mass is 32.2. The molecule has 1 aromatic carbocycles. The van der Waals surface area contributed by atoms with E-state index in [0.29, 0.717) is 12.1 Å². The minimum absolute atomic E-state index is 0.131. The van der Waals surface area contributed by atoms with Crippen LogP contribution in [0.4, 0.5) is 4.39 Å². The van der Waals surface area contributed by atoms with E-state index in [1.165, 1.54) is 30.6 Å². The number of rotatable bonds is 7. The van der Waals surface area contributed by atoms with E-state index in [-0.39, 0.29) is 5.75 Å². The van der Waals surface area contributed by atoms with Crippen molar-refractivity contribution in [3.63, 3.8) is 0 Å². The molecule has 0 aliphatic heterocycles. The summed E-state index contributed by atoms with van der Waals surface area (Å²) in [6, 6.07) is 3.85. The number of hydrogen-bond acceptors (Lipinski definition) is 3. The molecule has 0 saturated carbocycles. The highest BCUT2D eigenvalue weighted by molar-refractivity contribution is 7.87. The summed E-state index contributed by atoms with van der Waals surface area (Å²) < 4.78 is 46.2. The van der Waals surface area contributed by atoms with E-state index < -0.39 is 22.1 Å². The average molecular weight is 304 g/mol. The third-order valence-electron chi connectivity index (χ3n) is 2.95. The maximum Gasteiger partial charge on any atom is 0.279 e. The Balaban J connectivity index is 2.86. The van der Waals surface area contributed by atoms with Crippen molar-refractivity contribution in [3.05, 3.63) is 29.6 Å². The van der Waals surface area contributed by atoms with Crippen molar-refractivity contribution in [1.29, 1.82) is 0 Å². The lowest BCUT2D eigenvalue weighted by molar-refractivity contribution is 0.385. The fourth-order valence-electron chi connectivity index (χ4n) is 1.77. The molecule has 1 rings (SSSR count). The summed E-state index contributed by atoms with van der Waals surface area (Å²) in [7, 11) is -0.683. The van der Waals surface area contributed by atoms with Crippen LogP contribution in [0, 0.1) is 5.82 Å². The molecule has 1 atom stereocenters. The Labute approximate surface area is 119 Å². The van der Waals surface area contributed by atoms with Crippen molar-refractivity contribution in [3.8, 4) is 5.75 Å². The fourth-order valence-corrected chi connectivity index (χ4v) is 2.95. The minimum atomic E-state index is -3.57. The number of ether oxygens (including phenoxy) is 1. The predicted molar refractivity (Wildman–Crippen MR) is 76.3 cm³/mol. The second-order valence-corrected chi connectivity index (χ2v) is 6.37. The number of halogens is 1. The van der Waals surface area contributed by atoms with Crippen LogP contribution in [-0.4, -0.2) is 33.4 Å². The third kappa shape index (κ3) is 4.16. The normalized spacial score (nSPS) is 13.5. The Morgan fingerprint density at radius 2 is 2.10 bits per heavy atom. The first-order chi connectivity index (χ1) is 9.31. The second-order valence-electron chi connectivity index (χ2n) is 4.56. The highest BCUT2D eigenvalue weighted by Gasteiger charge is 2.20. The van der Waals surface area contributed by atoms with Crippen molar-refractivity contribution in [2.45, 2.75) is 26.3 Å². The molecule has 0 heterocycles. The molecule has 0 bridgehead atoms. The van der Waals surface area contributed by atoms with E-state index in [2.05, 4.69) is 4.72 Å². The van der Waals surface area contributed by atoms with E-state index in [1.807, 2.05) is 6.92 Å². The van der Waals surface area contributed by atoms with Gasteiger partial charge in [0.05, 0.1) is 7.11 Å². The number of nitrogens with one attached hydrogen (secondary N) is 1. The Kier molecular flexibility index (Phi) is 5.91. The van der Waals surface area contributed by atoms with Crippen LogP contribution >= 0.6 is 0 Å². The van der Waals surface area contributed by atoms with E-state index >= 15 is 0 Å². The van der Waals surface area contributed by atoms with E-state index in [0.717, 1.165) is 6.42 Å². The molecular weight excluding hydrogens is 283 g/mol. The number of benzene rings is 1. The quantitative estimate of drug-likeness (QED) is 0.839. The lowest BCUT2D eigenvalue weighted by Crippen LogP contribution is -2.39. The molecule has 7 heteroatoms. The van der Waals surface area contributed by atoms with Gasteiger partial charge >= 0.3 is 0 Å².